The lowest BCUT2D eigenvalue weighted by Gasteiger charge is -2.17. The number of amides is 1. The van der Waals surface area contributed by atoms with Gasteiger partial charge in [-0.3, -0.25) is 4.79 Å². The van der Waals surface area contributed by atoms with Gasteiger partial charge in [0.05, 0.1) is 0 Å². The third kappa shape index (κ3) is 3.56. The molecule has 1 amide bonds. The van der Waals surface area contributed by atoms with Crippen molar-refractivity contribution < 1.29 is 23.5 Å². The third-order valence-corrected chi connectivity index (χ3v) is 4.40. The molecule has 1 atom stereocenters. The first-order chi connectivity index (χ1) is 12.4. The fourth-order valence-corrected chi connectivity index (χ4v) is 3.14. The van der Waals surface area contributed by atoms with Crippen molar-refractivity contribution in [3.63, 3.8) is 0 Å². The van der Waals surface area contributed by atoms with Crippen molar-refractivity contribution in [1.82, 2.24) is 4.90 Å². The van der Waals surface area contributed by atoms with E-state index in [1.54, 1.807) is 26.2 Å². The number of carbonyl (C=O) groups excluding carboxylic acids is 2. The van der Waals surface area contributed by atoms with E-state index in [4.69, 9.17) is 13.9 Å². The van der Waals surface area contributed by atoms with Crippen LogP contribution < -0.4 is 10.4 Å². The average molecular weight is 359 g/mol. The molecular formula is C19H21NO6. The monoisotopic (exact) mass is 359 g/mol. The van der Waals surface area contributed by atoms with E-state index in [1.807, 2.05) is 6.07 Å². The molecule has 0 bridgehead atoms. The van der Waals surface area contributed by atoms with Crippen LogP contribution in [0.2, 0.25) is 0 Å². The van der Waals surface area contributed by atoms with Crippen molar-refractivity contribution >= 4 is 22.8 Å². The van der Waals surface area contributed by atoms with Crippen LogP contribution >= 0.6 is 0 Å². The lowest BCUT2D eigenvalue weighted by atomic mass is 10.1. The Balaban J connectivity index is 1.68. The van der Waals surface area contributed by atoms with E-state index in [1.165, 1.54) is 11.8 Å². The van der Waals surface area contributed by atoms with Crippen LogP contribution in [-0.4, -0.2) is 43.6 Å². The van der Waals surface area contributed by atoms with Crippen LogP contribution in [0.4, 0.5) is 0 Å². The summed E-state index contributed by atoms with van der Waals surface area (Å²) >= 11 is 0. The number of esters is 1. The van der Waals surface area contributed by atoms with Crippen LogP contribution in [0.15, 0.2) is 27.4 Å². The van der Waals surface area contributed by atoms with Crippen molar-refractivity contribution in [2.45, 2.75) is 32.3 Å². The van der Waals surface area contributed by atoms with Crippen molar-refractivity contribution in [2.75, 3.05) is 20.7 Å². The Morgan fingerprint density at radius 2 is 1.96 bits per heavy atom. The van der Waals surface area contributed by atoms with E-state index in [0.29, 0.717) is 11.3 Å². The molecule has 0 unspecified atom stereocenters. The molecule has 3 rings (SSSR count). The zero-order valence-electron chi connectivity index (χ0n) is 15.0. The fourth-order valence-electron chi connectivity index (χ4n) is 3.14. The van der Waals surface area contributed by atoms with E-state index < -0.39 is 12.1 Å². The van der Waals surface area contributed by atoms with Gasteiger partial charge in [0.15, 0.2) is 12.7 Å². The number of likely N-dealkylation sites (N-methyl/N-ethyl adjacent to an activating group) is 1. The van der Waals surface area contributed by atoms with Gasteiger partial charge in [-0.2, -0.15) is 0 Å². The van der Waals surface area contributed by atoms with Gasteiger partial charge in [0.25, 0.3) is 5.91 Å². The second-order valence-electron chi connectivity index (χ2n) is 6.51. The summed E-state index contributed by atoms with van der Waals surface area (Å²) in [5.74, 6) is -0.565. The highest BCUT2D eigenvalue weighted by Crippen LogP contribution is 2.29. The zero-order valence-corrected chi connectivity index (χ0v) is 15.0. The first-order valence-corrected chi connectivity index (χ1v) is 8.49. The molecule has 0 spiro atoms. The van der Waals surface area contributed by atoms with Crippen LogP contribution in [-0.2, 0) is 27.2 Å². The van der Waals surface area contributed by atoms with Gasteiger partial charge in [-0.25, -0.2) is 9.59 Å². The fraction of sp³-hybridized carbons (Fsp3) is 0.421. The average Bonchev–Trinajstić information content (AvgIpc) is 3.09. The molecule has 1 heterocycles. The largest absolute Gasteiger partial charge is 0.482 e. The van der Waals surface area contributed by atoms with Crippen LogP contribution in [0.5, 0.6) is 5.75 Å². The van der Waals surface area contributed by atoms with E-state index in [-0.39, 0.29) is 18.1 Å². The van der Waals surface area contributed by atoms with E-state index in [0.717, 1.165) is 35.8 Å². The summed E-state index contributed by atoms with van der Waals surface area (Å²) < 4.78 is 15.8. The number of rotatable bonds is 5. The van der Waals surface area contributed by atoms with Crippen LogP contribution in [0.25, 0.3) is 11.0 Å². The SMILES string of the molecule is C[C@@H](OC(=O)COc1ccc2c3c(c(=O)oc2c1)CCC3)C(=O)N(C)C. The molecule has 2 aromatic rings. The Kier molecular flexibility index (Phi) is 4.97. The van der Waals surface area contributed by atoms with Gasteiger partial charge in [-0.1, -0.05) is 0 Å². The molecule has 1 aromatic heterocycles. The van der Waals surface area contributed by atoms with Gasteiger partial charge in [-0.15, -0.1) is 0 Å². The van der Waals surface area contributed by atoms with Crippen molar-refractivity contribution in [1.29, 1.82) is 0 Å². The number of nitrogens with zero attached hydrogens (tertiary/aromatic N) is 1. The lowest BCUT2D eigenvalue weighted by molar-refractivity contribution is -0.159. The van der Waals surface area contributed by atoms with E-state index >= 15 is 0 Å². The number of hydrogen-bond acceptors (Lipinski definition) is 6. The number of hydrogen-bond donors (Lipinski definition) is 0. The summed E-state index contributed by atoms with van der Waals surface area (Å²) in [5, 5.41) is 0.900. The highest BCUT2D eigenvalue weighted by molar-refractivity contribution is 5.84. The molecule has 7 heteroatoms. The maximum absolute atomic E-state index is 12.0. The van der Waals surface area contributed by atoms with E-state index in [2.05, 4.69) is 0 Å². The molecule has 138 valence electrons. The van der Waals surface area contributed by atoms with Crippen LogP contribution in [0.3, 0.4) is 0 Å². The maximum Gasteiger partial charge on any atom is 0.344 e. The molecule has 1 aliphatic rings. The standard InChI is InChI=1S/C19H21NO6/c1-11(18(22)20(2)3)25-17(21)10-24-12-7-8-14-13-5-4-6-15(13)19(23)26-16(14)9-12/h7-9,11H,4-6,10H2,1-3H3/t11-/m1/s1. The van der Waals surface area contributed by atoms with Crippen molar-refractivity contribution in [2.24, 2.45) is 0 Å². The summed E-state index contributed by atoms with van der Waals surface area (Å²) in [6.45, 7) is 1.16. The number of aryl methyl sites for hydroxylation is 1. The Hall–Kier alpha value is -2.83. The van der Waals surface area contributed by atoms with Gasteiger partial charge < -0.3 is 18.8 Å². The van der Waals surface area contributed by atoms with E-state index in [9.17, 15) is 14.4 Å². The second kappa shape index (κ2) is 7.19. The van der Waals surface area contributed by atoms with Gasteiger partial charge in [-0.05, 0) is 43.9 Å². The number of carbonyl (C=O) groups is 2. The first-order valence-electron chi connectivity index (χ1n) is 8.49. The quantitative estimate of drug-likeness (QED) is 0.596. The molecular weight excluding hydrogens is 338 g/mol. The van der Waals surface area contributed by atoms with Gasteiger partial charge >= 0.3 is 11.6 Å². The molecule has 0 radical (unpaired) electrons. The minimum atomic E-state index is -0.877. The highest BCUT2D eigenvalue weighted by Gasteiger charge is 2.21. The van der Waals surface area contributed by atoms with Crippen LogP contribution in [0, 0.1) is 0 Å². The maximum atomic E-state index is 12.0. The normalized spacial score (nSPS) is 14.0. The summed E-state index contributed by atoms with van der Waals surface area (Å²) in [6, 6.07) is 5.15. The summed E-state index contributed by atoms with van der Waals surface area (Å²) in [6.07, 6.45) is 1.69. The molecule has 1 aliphatic carbocycles. The van der Waals surface area contributed by atoms with Gasteiger partial charge in [0.2, 0.25) is 0 Å². The highest BCUT2D eigenvalue weighted by atomic mass is 16.6. The van der Waals surface area contributed by atoms with Crippen molar-refractivity contribution in [3.05, 3.63) is 39.7 Å². The number of ether oxygens (including phenoxy) is 2. The predicted molar refractivity (Wildman–Crippen MR) is 94.3 cm³/mol. The minimum Gasteiger partial charge on any atom is -0.482 e. The molecule has 1 aromatic carbocycles. The Labute approximate surface area is 150 Å². The molecule has 26 heavy (non-hydrogen) atoms. The first kappa shape index (κ1) is 18.0. The molecule has 0 saturated carbocycles. The Morgan fingerprint density at radius 3 is 2.69 bits per heavy atom. The minimum absolute atomic E-state index is 0.306. The Bertz CT molecular complexity index is 914. The molecule has 0 fully saturated rings. The number of benzene rings is 1. The third-order valence-electron chi connectivity index (χ3n) is 4.40. The topological polar surface area (TPSA) is 86.0 Å². The lowest BCUT2D eigenvalue weighted by Crippen LogP contribution is -2.35. The summed E-state index contributed by atoms with van der Waals surface area (Å²) in [4.78, 5) is 36.9. The van der Waals surface area contributed by atoms with Crippen molar-refractivity contribution in [3.8, 4) is 5.75 Å². The smallest absolute Gasteiger partial charge is 0.344 e. The number of fused-ring (bicyclic) bond motifs is 3. The summed E-state index contributed by atoms with van der Waals surface area (Å²) in [5.41, 5.74) is 1.93. The van der Waals surface area contributed by atoms with Gasteiger partial charge in [0, 0.05) is 31.1 Å². The molecule has 0 N–H and O–H groups in total. The summed E-state index contributed by atoms with van der Waals surface area (Å²) in [7, 11) is 3.17. The van der Waals surface area contributed by atoms with Crippen LogP contribution in [0.1, 0.15) is 24.5 Å². The predicted octanol–water partition coefficient (Wildman–Crippen LogP) is 1.68. The zero-order chi connectivity index (χ0) is 18.8. The second-order valence-corrected chi connectivity index (χ2v) is 6.51. The molecule has 0 saturated heterocycles. The molecule has 7 nitrogen and oxygen atoms in total. The van der Waals surface area contributed by atoms with Gasteiger partial charge in [0.1, 0.15) is 11.3 Å². The molecule has 0 aliphatic heterocycles. The Morgan fingerprint density at radius 1 is 1.23 bits per heavy atom.